The average molecular weight is 417 g/mol. The van der Waals surface area contributed by atoms with Gasteiger partial charge in [-0.25, -0.2) is 9.69 Å². The number of rotatable bonds is 3. The van der Waals surface area contributed by atoms with Crippen molar-refractivity contribution in [2.24, 2.45) is 0 Å². The van der Waals surface area contributed by atoms with Gasteiger partial charge in [-0.05, 0) is 36.4 Å². The minimum Gasteiger partial charge on any atom is -0.504 e. The van der Waals surface area contributed by atoms with Crippen LogP contribution in [0, 0.1) is 0 Å². The fraction of sp³-hybridized carbons (Fsp3) is 0.0556. The second-order valence-corrected chi connectivity index (χ2v) is 6.25. The van der Waals surface area contributed by atoms with Gasteiger partial charge in [0.05, 0.1) is 12.8 Å². The SMILES string of the molecule is COc1cccc(/C=C2/C(=O)NC(=O)N(c3ccc(Br)cc3)C2=O)c1O. The average Bonchev–Trinajstić information content (AvgIpc) is 2.61. The molecule has 3 rings (SSSR count). The Morgan fingerprint density at radius 2 is 1.81 bits per heavy atom. The van der Waals surface area contributed by atoms with E-state index in [2.05, 4.69) is 21.2 Å². The molecule has 0 bridgehead atoms. The number of para-hydroxylation sites is 1. The maximum atomic E-state index is 12.8. The number of benzene rings is 2. The number of anilines is 1. The number of nitrogens with one attached hydrogen (secondary N) is 1. The first-order chi connectivity index (χ1) is 12.4. The highest BCUT2D eigenvalue weighted by Crippen LogP contribution is 2.32. The molecule has 132 valence electrons. The second kappa shape index (κ2) is 7.01. The normalized spacial score (nSPS) is 16.0. The lowest BCUT2D eigenvalue weighted by atomic mass is 10.1. The van der Waals surface area contributed by atoms with Crippen LogP contribution in [-0.2, 0) is 9.59 Å². The summed E-state index contributed by atoms with van der Waals surface area (Å²) in [5.41, 5.74) is 0.244. The first kappa shape index (κ1) is 17.7. The van der Waals surface area contributed by atoms with E-state index in [9.17, 15) is 19.5 Å². The summed E-state index contributed by atoms with van der Waals surface area (Å²) in [4.78, 5) is 37.9. The summed E-state index contributed by atoms with van der Waals surface area (Å²) >= 11 is 3.28. The Labute approximate surface area is 157 Å². The molecule has 7 nitrogen and oxygen atoms in total. The van der Waals surface area contributed by atoms with Gasteiger partial charge in [-0.2, -0.15) is 0 Å². The summed E-state index contributed by atoms with van der Waals surface area (Å²) in [7, 11) is 1.39. The van der Waals surface area contributed by atoms with Crippen molar-refractivity contribution in [1.82, 2.24) is 5.32 Å². The minimum absolute atomic E-state index is 0.198. The van der Waals surface area contributed by atoms with E-state index in [0.717, 1.165) is 9.37 Å². The fourth-order valence-corrected chi connectivity index (χ4v) is 2.72. The van der Waals surface area contributed by atoms with E-state index in [-0.39, 0.29) is 22.6 Å². The van der Waals surface area contributed by atoms with Gasteiger partial charge in [0, 0.05) is 10.0 Å². The van der Waals surface area contributed by atoms with Gasteiger partial charge in [0.2, 0.25) is 0 Å². The lowest BCUT2D eigenvalue weighted by molar-refractivity contribution is -0.122. The Kier molecular flexibility index (Phi) is 4.77. The van der Waals surface area contributed by atoms with Crippen molar-refractivity contribution >= 4 is 45.5 Å². The van der Waals surface area contributed by atoms with Crippen molar-refractivity contribution in [2.45, 2.75) is 0 Å². The van der Waals surface area contributed by atoms with Crippen LogP contribution < -0.4 is 15.0 Å². The van der Waals surface area contributed by atoms with Crippen LogP contribution in [0.25, 0.3) is 6.08 Å². The third kappa shape index (κ3) is 3.18. The summed E-state index contributed by atoms with van der Waals surface area (Å²) in [6.07, 6.45) is 1.22. The second-order valence-electron chi connectivity index (χ2n) is 5.33. The van der Waals surface area contributed by atoms with Crippen LogP contribution in [0.15, 0.2) is 52.5 Å². The van der Waals surface area contributed by atoms with Gasteiger partial charge < -0.3 is 9.84 Å². The Morgan fingerprint density at radius 1 is 1.12 bits per heavy atom. The Hall–Kier alpha value is -3.13. The van der Waals surface area contributed by atoms with Gasteiger partial charge in [0.1, 0.15) is 5.57 Å². The van der Waals surface area contributed by atoms with Gasteiger partial charge >= 0.3 is 6.03 Å². The highest BCUT2D eigenvalue weighted by atomic mass is 79.9. The quantitative estimate of drug-likeness (QED) is 0.592. The van der Waals surface area contributed by atoms with Crippen LogP contribution in [0.5, 0.6) is 11.5 Å². The number of hydrogen-bond acceptors (Lipinski definition) is 5. The van der Waals surface area contributed by atoms with Crippen molar-refractivity contribution in [3.63, 3.8) is 0 Å². The Bertz CT molecular complexity index is 937. The predicted molar refractivity (Wildman–Crippen MR) is 97.8 cm³/mol. The molecule has 1 aliphatic rings. The molecule has 0 saturated carbocycles. The van der Waals surface area contributed by atoms with Crippen molar-refractivity contribution < 1.29 is 24.2 Å². The summed E-state index contributed by atoms with van der Waals surface area (Å²) in [5.74, 6) is -1.64. The molecule has 4 amide bonds. The number of carbonyl (C=O) groups is 3. The number of halogens is 1. The Balaban J connectivity index is 2.04. The zero-order valence-electron chi connectivity index (χ0n) is 13.5. The van der Waals surface area contributed by atoms with Crippen LogP contribution in [0.2, 0.25) is 0 Å². The standard InChI is InChI=1S/C18H13BrN2O5/c1-26-14-4-2-3-10(15(14)22)9-13-16(23)20-18(25)21(17(13)24)12-7-5-11(19)6-8-12/h2-9,22H,1H3,(H,20,23,25)/b13-9-. The molecule has 0 aromatic heterocycles. The van der Waals surface area contributed by atoms with E-state index in [1.165, 1.54) is 25.3 Å². The molecule has 1 aliphatic heterocycles. The van der Waals surface area contributed by atoms with Gasteiger partial charge in [-0.1, -0.05) is 28.1 Å². The number of barbiturate groups is 1. The number of methoxy groups -OCH3 is 1. The van der Waals surface area contributed by atoms with Crippen molar-refractivity contribution in [3.05, 3.63) is 58.1 Å². The largest absolute Gasteiger partial charge is 0.504 e. The maximum Gasteiger partial charge on any atom is 0.335 e. The monoisotopic (exact) mass is 416 g/mol. The number of imide groups is 2. The lowest BCUT2D eigenvalue weighted by Crippen LogP contribution is -2.54. The number of urea groups is 1. The molecular weight excluding hydrogens is 404 g/mol. The number of nitrogens with zero attached hydrogens (tertiary/aromatic N) is 1. The number of carbonyl (C=O) groups excluding carboxylic acids is 3. The maximum absolute atomic E-state index is 12.8. The number of amides is 4. The molecule has 0 radical (unpaired) electrons. The first-order valence-electron chi connectivity index (χ1n) is 7.45. The van der Waals surface area contributed by atoms with Crippen molar-refractivity contribution in [1.29, 1.82) is 0 Å². The van der Waals surface area contributed by atoms with Gasteiger partial charge in [0.25, 0.3) is 11.8 Å². The highest BCUT2D eigenvalue weighted by molar-refractivity contribution is 9.10. The van der Waals surface area contributed by atoms with Gasteiger partial charge in [-0.15, -0.1) is 0 Å². The number of ether oxygens (including phenoxy) is 1. The molecule has 0 aliphatic carbocycles. The van der Waals surface area contributed by atoms with Crippen LogP contribution in [0.1, 0.15) is 5.56 Å². The molecule has 2 aromatic carbocycles. The van der Waals surface area contributed by atoms with Crippen molar-refractivity contribution in [3.8, 4) is 11.5 Å². The zero-order valence-corrected chi connectivity index (χ0v) is 15.1. The van der Waals surface area contributed by atoms with Gasteiger partial charge in [0.15, 0.2) is 11.5 Å². The van der Waals surface area contributed by atoms with Crippen LogP contribution >= 0.6 is 15.9 Å². The smallest absolute Gasteiger partial charge is 0.335 e. The number of hydrogen-bond donors (Lipinski definition) is 2. The topological polar surface area (TPSA) is 95.9 Å². The van der Waals surface area contributed by atoms with Crippen LogP contribution in [0.4, 0.5) is 10.5 Å². The third-order valence-corrected chi connectivity index (χ3v) is 4.27. The number of phenols is 1. The fourth-order valence-electron chi connectivity index (χ4n) is 2.46. The van der Waals surface area contributed by atoms with E-state index in [1.807, 2.05) is 0 Å². The first-order valence-corrected chi connectivity index (χ1v) is 8.24. The molecule has 0 atom stereocenters. The Morgan fingerprint density at radius 3 is 2.46 bits per heavy atom. The minimum atomic E-state index is -0.839. The predicted octanol–water partition coefficient (Wildman–Crippen LogP) is 2.83. The molecule has 0 spiro atoms. The van der Waals surface area contributed by atoms with Crippen molar-refractivity contribution in [2.75, 3.05) is 12.0 Å². The van der Waals surface area contributed by atoms with Crippen LogP contribution in [-0.4, -0.2) is 30.1 Å². The van der Waals surface area contributed by atoms with Gasteiger partial charge in [-0.3, -0.25) is 14.9 Å². The summed E-state index contributed by atoms with van der Waals surface area (Å²) in [6.45, 7) is 0. The molecule has 26 heavy (non-hydrogen) atoms. The molecule has 2 aromatic rings. The zero-order chi connectivity index (χ0) is 18.8. The van der Waals surface area contributed by atoms with E-state index >= 15 is 0 Å². The molecule has 8 heteroatoms. The summed E-state index contributed by atoms with van der Waals surface area (Å²) < 4.78 is 5.79. The van der Waals surface area contributed by atoms with E-state index in [4.69, 9.17) is 4.74 Å². The number of phenolic OH excluding ortho intramolecular Hbond substituents is 1. The molecule has 1 heterocycles. The van der Waals surface area contributed by atoms with Crippen LogP contribution in [0.3, 0.4) is 0 Å². The highest BCUT2D eigenvalue weighted by Gasteiger charge is 2.36. The van der Waals surface area contributed by atoms with E-state index in [0.29, 0.717) is 5.69 Å². The third-order valence-electron chi connectivity index (χ3n) is 3.74. The molecule has 2 N–H and O–H groups in total. The van der Waals surface area contributed by atoms with E-state index in [1.54, 1.807) is 30.3 Å². The molecule has 0 unspecified atom stereocenters. The van der Waals surface area contributed by atoms with E-state index < -0.39 is 17.8 Å². The number of aromatic hydroxyl groups is 1. The summed E-state index contributed by atoms with van der Waals surface area (Å²) in [6, 6.07) is 10.3. The summed E-state index contributed by atoms with van der Waals surface area (Å²) in [5, 5.41) is 12.3. The molecule has 1 saturated heterocycles. The molecular formula is C18H13BrN2O5. The lowest BCUT2D eigenvalue weighted by Gasteiger charge is -2.26. The molecule has 1 fully saturated rings.